The lowest BCUT2D eigenvalue weighted by molar-refractivity contribution is 0.405. The maximum atomic E-state index is 12.7. The largest absolute Gasteiger partial charge is 0.398 e. The third-order valence-corrected chi connectivity index (χ3v) is 6.83. The molecule has 2 atom stereocenters. The van der Waals surface area contributed by atoms with E-state index < -0.39 is 10.0 Å². The predicted octanol–water partition coefficient (Wildman–Crippen LogP) is 3.09. The number of nitrogens with zero attached hydrogens (tertiary/aromatic N) is 1. The van der Waals surface area contributed by atoms with Gasteiger partial charge in [-0.1, -0.05) is 37.0 Å². The molecule has 2 N–H and O–H groups in total. The third-order valence-electron chi connectivity index (χ3n) is 3.02. The molecule has 0 spiro atoms. The number of anilines is 1. The van der Waals surface area contributed by atoms with Crippen molar-refractivity contribution in [1.82, 2.24) is 4.31 Å². The number of rotatable bonds is 2. The Morgan fingerprint density at radius 3 is 2.30 bits per heavy atom. The van der Waals surface area contributed by atoms with Crippen LogP contribution in [0, 0.1) is 0 Å². The van der Waals surface area contributed by atoms with Crippen molar-refractivity contribution >= 4 is 50.7 Å². The van der Waals surface area contributed by atoms with Gasteiger partial charge in [-0.3, -0.25) is 0 Å². The van der Waals surface area contributed by atoms with Gasteiger partial charge in [0.1, 0.15) is 4.90 Å². The number of hydrogen-bond acceptors (Lipinski definition) is 4. The Hall–Kier alpha value is -0.140. The van der Waals surface area contributed by atoms with Crippen LogP contribution in [0.1, 0.15) is 13.8 Å². The minimum absolute atomic E-state index is 0.0464. The van der Waals surface area contributed by atoms with Crippen LogP contribution in [0.15, 0.2) is 17.0 Å². The Morgan fingerprint density at radius 1 is 1.25 bits per heavy atom. The summed E-state index contributed by atoms with van der Waals surface area (Å²) < 4.78 is 26.9. The summed E-state index contributed by atoms with van der Waals surface area (Å²) in [5.74, 6) is 0. The molecule has 1 aromatic rings. The summed E-state index contributed by atoms with van der Waals surface area (Å²) in [5.41, 5.74) is 5.89. The Morgan fingerprint density at radius 2 is 1.80 bits per heavy atom. The van der Waals surface area contributed by atoms with Crippen LogP contribution < -0.4 is 5.73 Å². The average Bonchev–Trinajstić information content (AvgIpc) is 2.25. The fourth-order valence-corrected chi connectivity index (χ4v) is 6.38. The summed E-state index contributed by atoms with van der Waals surface area (Å²) >= 11 is 13.6. The van der Waals surface area contributed by atoms with E-state index in [1.54, 1.807) is 11.8 Å². The van der Waals surface area contributed by atoms with E-state index in [4.69, 9.17) is 28.9 Å². The highest BCUT2D eigenvalue weighted by molar-refractivity contribution is 8.00. The van der Waals surface area contributed by atoms with Crippen molar-refractivity contribution in [1.29, 1.82) is 0 Å². The second-order valence-electron chi connectivity index (χ2n) is 4.89. The molecule has 0 aliphatic carbocycles. The van der Waals surface area contributed by atoms with Crippen LogP contribution in [-0.4, -0.2) is 36.3 Å². The molecule has 0 amide bonds. The summed E-state index contributed by atoms with van der Waals surface area (Å²) in [5, 5.41) is 0.859. The smallest absolute Gasteiger partial charge is 0.246 e. The molecule has 2 unspecified atom stereocenters. The van der Waals surface area contributed by atoms with Crippen molar-refractivity contribution in [2.75, 3.05) is 18.8 Å². The molecular formula is C12H16Cl2N2O2S2. The van der Waals surface area contributed by atoms with E-state index >= 15 is 0 Å². The van der Waals surface area contributed by atoms with Crippen LogP contribution in [0.2, 0.25) is 10.0 Å². The topological polar surface area (TPSA) is 63.4 Å². The lowest BCUT2D eigenvalue weighted by Crippen LogP contribution is -2.44. The minimum Gasteiger partial charge on any atom is -0.398 e. The molecule has 0 radical (unpaired) electrons. The molecule has 20 heavy (non-hydrogen) atoms. The van der Waals surface area contributed by atoms with Crippen molar-refractivity contribution in [3.63, 3.8) is 0 Å². The van der Waals surface area contributed by atoms with E-state index in [1.165, 1.54) is 16.4 Å². The number of nitrogens with two attached hydrogens (primary N) is 1. The van der Waals surface area contributed by atoms with Gasteiger partial charge in [-0.05, 0) is 12.1 Å². The van der Waals surface area contributed by atoms with Gasteiger partial charge in [0, 0.05) is 28.6 Å². The van der Waals surface area contributed by atoms with Gasteiger partial charge < -0.3 is 5.73 Å². The molecule has 2 rings (SSSR count). The first-order valence-corrected chi connectivity index (χ1v) is 9.26. The average molecular weight is 355 g/mol. The molecule has 1 fully saturated rings. The fourth-order valence-electron chi connectivity index (χ4n) is 2.31. The van der Waals surface area contributed by atoms with Crippen LogP contribution in [0.3, 0.4) is 0 Å². The summed E-state index contributed by atoms with van der Waals surface area (Å²) in [6.07, 6.45) is 0. The quantitative estimate of drug-likeness (QED) is 0.828. The van der Waals surface area contributed by atoms with E-state index in [0.717, 1.165) is 0 Å². The first kappa shape index (κ1) is 16.2. The summed E-state index contributed by atoms with van der Waals surface area (Å²) in [6, 6.07) is 2.81. The summed E-state index contributed by atoms with van der Waals surface area (Å²) in [4.78, 5) is -0.0464. The van der Waals surface area contributed by atoms with Gasteiger partial charge >= 0.3 is 0 Å². The first-order chi connectivity index (χ1) is 9.21. The Bertz CT molecular complexity index is 589. The fraction of sp³-hybridized carbons (Fsp3) is 0.500. The highest BCUT2D eigenvalue weighted by Gasteiger charge is 2.34. The molecule has 0 saturated carbocycles. The second-order valence-corrected chi connectivity index (χ2v) is 9.49. The monoisotopic (exact) mass is 354 g/mol. The van der Waals surface area contributed by atoms with E-state index in [-0.39, 0.29) is 26.1 Å². The number of halogens is 2. The van der Waals surface area contributed by atoms with Crippen molar-refractivity contribution in [2.24, 2.45) is 0 Å². The zero-order chi connectivity index (χ0) is 15.1. The third kappa shape index (κ3) is 3.20. The van der Waals surface area contributed by atoms with Gasteiger partial charge in [0.15, 0.2) is 0 Å². The molecule has 1 aromatic carbocycles. The predicted molar refractivity (Wildman–Crippen MR) is 86.1 cm³/mol. The van der Waals surface area contributed by atoms with Crippen molar-refractivity contribution < 1.29 is 8.42 Å². The zero-order valence-electron chi connectivity index (χ0n) is 11.1. The van der Waals surface area contributed by atoms with Crippen LogP contribution in [0.25, 0.3) is 0 Å². The van der Waals surface area contributed by atoms with E-state index in [2.05, 4.69) is 0 Å². The molecular weight excluding hydrogens is 339 g/mol. The van der Waals surface area contributed by atoms with Gasteiger partial charge in [0.25, 0.3) is 0 Å². The van der Waals surface area contributed by atoms with Crippen LogP contribution in [0.5, 0.6) is 0 Å². The molecule has 1 aliphatic heterocycles. The molecule has 1 saturated heterocycles. The molecule has 0 bridgehead atoms. The molecule has 8 heteroatoms. The summed E-state index contributed by atoms with van der Waals surface area (Å²) in [7, 11) is -3.70. The Labute approximate surface area is 133 Å². The lowest BCUT2D eigenvalue weighted by atomic mass is 10.3. The second kappa shape index (κ2) is 5.93. The van der Waals surface area contributed by atoms with Crippen LogP contribution in [-0.2, 0) is 10.0 Å². The van der Waals surface area contributed by atoms with E-state index in [0.29, 0.717) is 18.1 Å². The van der Waals surface area contributed by atoms with Gasteiger partial charge in [0.05, 0.1) is 10.7 Å². The number of hydrogen-bond donors (Lipinski definition) is 1. The van der Waals surface area contributed by atoms with E-state index in [1.807, 2.05) is 13.8 Å². The number of benzene rings is 1. The molecule has 1 aliphatic rings. The Balaban J connectivity index is 2.45. The van der Waals surface area contributed by atoms with Crippen LogP contribution >= 0.6 is 35.0 Å². The first-order valence-electron chi connectivity index (χ1n) is 6.12. The van der Waals surface area contributed by atoms with Gasteiger partial charge in [-0.2, -0.15) is 16.1 Å². The SMILES string of the molecule is CC1CN(S(=O)(=O)c2c(N)cc(Cl)cc2Cl)CC(C)S1. The van der Waals surface area contributed by atoms with E-state index in [9.17, 15) is 8.42 Å². The summed E-state index contributed by atoms with van der Waals surface area (Å²) in [6.45, 7) is 4.93. The number of nitrogen functional groups attached to an aromatic ring is 1. The molecule has 4 nitrogen and oxygen atoms in total. The highest BCUT2D eigenvalue weighted by Crippen LogP contribution is 2.35. The molecule has 1 heterocycles. The maximum Gasteiger partial charge on any atom is 0.246 e. The maximum absolute atomic E-state index is 12.7. The standard InChI is InChI=1S/C12H16Cl2N2O2S2/c1-7-5-16(6-8(2)19-7)20(17,18)12-10(14)3-9(13)4-11(12)15/h3-4,7-8H,5-6,15H2,1-2H3. The highest BCUT2D eigenvalue weighted by atomic mass is 35.5. The van der Waals surface area contributed by atoms with Crippen molar-refractivity contribution in [2.45, 2.75) is 29.2 Å². The number of sulfonamides is 1. The minimum atomic E-state index is -3.70. The normalized spacial score (nSPS) is 24.8. The van der Waals surface area contributed by atoms with Crippen LogP contribution in [0.4, 0.5) is 5.69 Å². The van der Waals surface area contributed by atoms with Gasteiger partial charge in [-0.25, -0.2) is 8.42 Å². The lowest BCUT2D eigenvalue weighted by Gasteiger charge is -2.34. The van der Waals surface area contributed by atoms with Gasteiger partial charge in [0.2, 0.25) is 10.0 Å². The zero-order valence-corrected chi connectivity index (χ0v) is 14.3. The van der Waals surface area contributed by atoms with Crippen molar-refractivity contribution in [3.8, 4) is 0 Å². The Kier molecular flexibility index (Phi) is 4.81. The molecule has 112 valence electrons. The number of thioether (sulfide) groups is 1. The van der Waals surface area contributed by atoms with Gasteiger partial charge in [-0.15, -0.1) is 0 Å². The van der Waals surface area contributed by atoms with Crippen molar-refractivity contribution in [3.05, 3.63) is 22.2 Å². The molecule has 0 aromatic heterocycles.